The van der Waals surface area contributed by atoms with Gasteiger partial charge in [0.25, 0.3) is 0 Å². The third-order valence-electron chi connectivity index (χ3n) is 3.79. The highest BCUT2D eigenvalue weighted by Crippen LogP contribution is 2.02. The Balaban J connectivity index is 1.64. The van der Waals surface area contributed by atoms with Gasteiger partial charge < -0.3 is 11.1 Å². The maximum absolute atomic E-state index is 12.0. The predicted molar refractivity (Wildman–Crippen MR) is 88.9 cm³/mol. The second-order valence-corrected chi connectivity index (χ2v) is 5.73. The number of nitrogens with one attached hydrogen (secondary N) is 2. The van der Waals surface area contributed by atoms with Crippen molar-refractivity contribution in [1.82, 2.24) is 20.4 Å². The van der Waals surface area contributed by atoms with Crippen LogP contribution >= 0.6 is 0 Å². The number of urea groups is 1. The van der Waals surface area contributed by atoms with Gasteiger partial charge in [-0.25, -0.2) is 4.79 Å². The van der Waals surface area contributed by atoms with Crippen LogP contribution < -0.4 is 16.4 Å². The minimum Gasteiger partial charge on any atom is -0.351 e. The van der Waals surface area contributed by atoms with Crippen molar-refractivity contribution < 1.29 is 14.4 Å². The highest BCUT2D eigenvalue weighted by atomic mass is 16.2. The number of piperazine rings is 1. The minimum atomic E-state index is -0.839. The van der Waals surface area contributed by atoms with Crippen LogP contribution in [0.15, 0.2) is 30.3 Å². The molecule has 0 spiro atoms. The summed E-state index contributed by atoms with van der Waals surface area (Å²) in [7, 11) is 0. The van der Waals surface area contributed by atoms with E-state index in [-0.39, 0.29) is 12.5 Å². The fourth-order valence-corrected chi connectivity index (χ4v) is 2.54. The van der Waals surface area contributed by atoms with Gasteiger partial charge in [-0.1, -0.05) is 30.3 Å². The first-order valence-corrected chi connectivity index (χ1v) is 7.87. The number of amides is 4. The molecule has 0 aromatic heterocycles. The molecule has 4 N–H and O–H groups in total. The normalized spacial score (nSPS) is 15.7. The van der Waals surface area contributed by atoms with Crippen LogP contribution in [0.25, 0.3) is 0 Å². The SMILES string of the molecule is NC(=O)NC(=O)CN1CCN(CC(=O)NCc2ccccc2)CC1. The Morgan fingerprint density at radius 1 is 0.917 bits per heavy atom. The van der Waals surface area contributed by atoms with Gasteiger partial charge in [0.2, 0.25) is 11.8 Å². The number of benzene rings is 1. The average Bonchev–Trinajstić information content (AvgIpc) is 2.55. The van der Waals surface area contributed by atoms with Crippen LogP contribution in [0.1, 0.15) is 5.56 Å². The van der Waals surface area contributed by atoms with Crippen LogP contribution in [0.5, 0.6) is 0 Å². The number of nitrogens with zero attached hydrogens (tertiary/aromatic N) is 2. The Morgan fingerprint density at radius 3 is 2.00 bits per heavy atom. The number of primary amides is 1. The summed E-state index contributed by atoms with van der Waals surface area (Å²) in [5.41, 5.74) is 5.97. The highest BCUT2D eigenvalue weighted by molar-refractivity contribution is 5.94. The molecule has 0 radical (unpaired) electrons. The van der Waals surface area contributed by atoms with Crippen LogP contribution in [-0.2, 0) is 16.1 Å². The summed E-state index contributed by atoms with van der Waals surface area (Å²) in [6.07, 6.45) is 0. The van der Waals surface area contributed by atoms with E-state index in [9.17, 15) is 14.4 Å². The summed E-state index contributed by atoms with van der Waals surface area (Å²) >= 11 is 0. The molecule has 0 bridgehead atoms. The minimum absolute atomic E-state index is 0.0150. The molecule has 8 heteroatoms. The van der Waals surface area contributed by atoms with Crippen molar-refractivity contribution in [2.75, 3.05) is 39.3 Å². The van der Waals surface area contributed by atoms with Crippen LogP contribution in [0, 0.1) is 0 Å². The van der Waals surface area contributed by atoms with Crippen molar-refractivity contribution in [3.8, 4) is 0 Å². The molecule has 0 atom stereocenters. The van der Waals surface area contributed by atoms with Gasteiger partial charge >= 0.3 is 6.03 Å². The van der Waals surface area contributed by atoms with E-state index < -0.39 is 11.9 Å². The highest BCUT2D eigenvalue weighted by Gasteiger charge is 2.20. The molecule has 0 aliphatic carbocycles. The second kappa shape index (κ2) is 8.99. The first kappa shape index (κ1) is 17.9. The lowest BCUT2D eigenvalue weighted by Crippen LogP contribution is -2.52. The number of carbonyl (C=O) groups is 3. The first-order valence-electron chi connectivity index (χ1n) is 7.87. The summed E-state index contributed by atoms with van der Waals surface area (Å²) in [4.78, 5) is 38.0. The fourth-order valence-electron chi connectivity index (χ4n) is 2.54. The Labute approximate surface area is 141 Å². The van der Waals surface area contributed by atoms with E-state index in [1.165, 1.54) is 0 Å². The lowest BCUT2D eigenvalue weighted by atomic mass is 10.2. The van der Waals surface area contributed by atoms with Crippen LogP contribution in [-0.4, -0.2) is 66.9 Å². The zero-order valence-corrected chi connectivity index (χ0v) is 13.5. The molecule has 2 rings (SSSR count). The van der Waals surface area contributed by atoms with Gasteiger partial charge in [0.15, 0.2) is 0 Å². The average molecular weight is 333 g/mol. The molecule has 1 fully saturated rings. The van der Waals surface area contributed by atoms with Crippen molar-refractivity contribution in [2.24, 2.45) is 5.73 Å². The van der Waals surface area contributed by atoms with Crippen molar-refractivity contribution in [3.05, 3.63) is 35.9 Å². The molecule has 4 amide bonds. The lowest BCUT2D eigenvalue weighted by molar-refractivity contribution is -0.124. The van der Waals surface area contributed by atoms with E-state index >= 15 is 0 Å². The van der Waals surface area contributed by atoms with Crippen LogP contribution in [0.2, 0.25) is 0 Å². The van der Waals surface area contributed by atoms with Gasteiger partial charge in [-0.05, 0) is 5.56 Å². The van der Waals surface area contributed by atoms with E-state index in [1.807, 2.05) is 45.4 Å². The smallest absolute Gasteiger partial charge is 0.318 e. The van der Waals surface area contributed by atoms with E-state index in [0.717, 1.165) is 5.56 Å². The van der Waals surface area contributed by atoms with Crippen LogP contribution in [0.3, 0.4) is 0 Å². The van der Waals surface area contributed by atoms with E-state index in [4.69, 9.17) is 5.73 Å². The Bertz CT molecular complexity index is 570. The first-order chi connectivity index (χ1) is 11.5. The number of nitrogens with two attached hydrogens (primary N) is 1. The molecule has 0 unspecified atom stereocenters. The molecule has 1 heterocycles. The maximum Gasteiger partial charge on any atom is 0.318 e. The lowest BCUT2D eigenvalue weighted by Gasteiger charge is -2.33. The Kier molecular flexibility index (Phi) is 6.71. The monoisotopic (exact) mass is 333 g/mol. The molecular formula is C16H23N5O3. The predicted octanol–water partition coefficient (Wildman–Crippen LogP) is -0.885. The summed E-state index contributed by atoms with van der Waals surface area (Å²) in [6.45, 7) is 3.72. The van der Waals surface area contributed by atoms with E-state index in [1.54, 1.807) is 0 Å². The van der Waals surface area contributed by atoms with Gasteiger partial charge in [-0.15, -0.1) is 0 Å². The second-order valence-electron chi connectivity index (χ2n) is 5.73. The maximum atomic E-state index is 12.0. The van der Waals surface area contributed by atoms with E-state index in [2.05, 4.69) is 5.32 Å². The number of hydrogen-bond acceptors (Lipinski definition) is 5. The van der Waals surface area contributed by atoms with Crippen molar-refractivity contribution in [2.45, 2.75) is 6.54 Å². The van der Waals surface area contributed by atoms with E-state index in [0.29, 0.717) is 39.3 Å². The van der Waals surface area contributed by atoms with Crippen molar-refractivity contribution in [3.63, 3.8) is 0 Å². The van der Waals surface area contributed by atoms with Gasteiger partial charge in [0.1, 0.15) is 0 Å². The van der Waals surface area contributed by atoms with Gasteiger partial charge in [0, 0.05) is 32.7 Å². The molecule has 130 valence electrons. The molecule has 1 aliphatic heterocycles. The molecule has 24 heavy (non-hydrogen) atoms. The zero-order chi connectivity index (χ0) is 17.4. The molecular weight excluding hydrogens is 310 g/mol. The van der Waals surface area contributed by atoms with Crippen molar-refractivity contribution >= 4 is 17.8 Å². The number of rotatable bonds is 6. The molecule has 1 saturated heterocycles. The summed E-state index contributed by atoms with van der Waals surface area (Å²) in [5, 5.41) is 4.95. The van der Waals surface area contributed by atoms with Gasteiger partial charge in [-0.2, -0.15) is 0 Å². The quantitative estimate of drug-likeness (QED) is 0.626. The molecule has 1 aliphatic rings. The Morgan fingerprint density at radius 2 is 1.46 bits per heavy atom. The molecule has 1 aromatic carbocycles. The fraction of sp³-hybridized carbons (Fsp3) is 0.438. The Hall–Kier alpha value is -2.45. The summed E-state index contributed by atoms with van der Waals surface area (Å²) < 4.78 is 0. The van der Waals surface area contributed by atoms with Crippen molar-refractivity contribution in [1.29, 1.82) is 0 Å². The van der Waals surface area contributed by atoms with Gasteiger partial charge in [0.05, 0.1) is 13.1 Å². The third kappa shape index (κ3) is 6.35. The third-order valence-corrected chi connectivity index (χ3v) is 3.79. The summed E-state index contributed by atoms with van der Waals surface area (Å²) in [5.74, 6) is -0.421. The number of imide groups is 1. The number of hydrogen-bond donors (Lipinski definition) is 3. The summed E-state index contributed by atoms with van der Waals surface area (Å²) in [6, 6.07) is 8.92. The molecule has 0 saturated carbocycles. The van der Waals surface area contributed by atoms with Crippen LogP contribution in [0.4, 0.5) is 4.79 Å². The molecule has 8 nitrogen and oxygen atoms in total. The standard InChI is InChI=1S/C16H23N5O3/c17-16(24)19-15(23)12-21-8-6-20(7-9-21)11-14(22)18-10-13-4-2-1-3-5-13/h1-5H,6-12H2,(H,18,22)(H3,17,19,23,24). The molecule has 1 aromatic rings. The zero-order valence-electron chi connectivity index (χ0n) is 13.5. The van der Waals surface area contributed by atoms with Gasteiger partial charge in [-0.3, -0.25) is 24.7 Å². The number of carbonyl (C=O) groups excluding carboxylic acids is 3. The largest absolute Gasteiger partial charge is 0.351 e. The topological polar surface area (TPSA) is 108 Å².